The Morgan fingerprint density at radius 1 is 1.43 bits per heavy atom. The maximum Gasteiger partial charge on any atom is 0.320 e. The lowest BCUT2D eigenvalue weighted by molar-refractivity contribution is -0.385. The average molecular weight is 296 g/mol. The predicted octanol–water partition coefficient (Wildman–Crippen LogP) is 2.04. The minimum absolute atomic E-state index is 0.00272. The maximum atomic E-state index is 11.0. The molecule has 0 aromatic heterocycles. The van der Waals surface area contributed by atoms with Crippen molar-refractivity contribution in [2.45, 2.75) is 33.2 Å². The van der Waals surface area contributed by atoms with Gasteiger partial charge in [-0.05, 0) is 32.0 Å². The molecule has 0 amide bonds. The Hall–Kier alpha value is -2.15. The highest BCUT2D eigenvalue weighted by Gasteiger charge is 2.17. The number of benzene rings is 1. The lowest BCUT2D eigenvalue weighted by Gasteiger charge is -2.14. The standard InChI is InChI=1S/C14H20N2O5/c1-4-15-11(14(17)18)5-6-21-13-8-12(16(19)20)9(2)7-10(13)3/h7-8,11,15H,4-6H2,1-3H3,(H,17,18). The first-order chi connectivity index (χ1) is 9.86. The lowest BCUT2D eigenvalue weighted by atomic mass is 10.1. The van der Waals surface area contributed by atoms with Gasteiger partial charge < -0.3 is 15.2 Å². The monoisotopic (exact) mass is 296 g/mol. The number of nitrogens with one attached hydrogen (secondary N) is 1. The van der Waals surface area contributed by atoms with Crippen LogP contribution < -0.4 is 10.1 Å². The SMILES string of the molecule is CCNC(CCOc1cc([N+](=O)[O-])c(C)cc1C)C(=O)O. The van der Waals surface area contributed by atoms with Gasteiger partial charge in [0.2, 0.25) is 0 Å². The number of nitro groups is 1. The van der Waals surface area contributed by atoms with Crippen LogP contribution in [0.15, 0.2) is 12.1 Å². The summed E-state index contributed by atoms with van der Waals surface area (Å²) in [6.45, 7) is 6.01. The smallest absolute Gasteiger partial charge is 0.320 e. The van der Waals surface area contributed by atoms with Crippen LogP contribution in [0.5, 0.6) is 5.75 Å². The highest BCUT2D eigenvalue weighted by Crippen LogP contribution is 2.28. The van der Waals surface area contributed by atoms with Gasteiger partial charge in [0.25, 0.3) is 5.69 Å². The molecule has 0 spiro atoms. The topological polar surface area (TPSA) is 102 Å². The molecule has 1 rings (SSSR count). The molecule has 0 aliphatic heterocycles. The number of hydrogen-bond acceptors (Lipinski definition) is 5. The van der Waals surface area contributed by atoms with Crippen molar-refractivity contribution in [3.8, 4) is 5.75 Å². The summed E-state index contributed by atoms with van der Waals surface area (Å²) in [7, 11) is 0. The molecule has 116 valence electrons. The third kappa shape index (κ3) is 4.71. The Labute approximate surface area is 123 Å². The normalized spacial score (nSPS) is 12.0. The Balaban J connectivity index is 2.73. The van der Waals surface area contributed by atoms with E-state index in [0.29, 0.717) is 17.9 Å². The van der Waals surface area contributed by atoms with Gasteiger partial charge in [0.15, 0.2) is 0 Å². The first kappa shape index (κ1) is 16.9. The van der Waals surface area contributed by atoms with Crippen molar-refractivity contribution in [1.82, 2.24) is 5.32 Å². The van der Waals surface area contributed by atoms with E-state index >= 15 is 0 Å². The van der Waals surface area contributed by atoms with E-state index in [-0.39, 0.29) is 18.7 Å². The van der Waals surface area contributed by atoms with E-state index in [9.17, 15) is 14.9 Å². The fraction of sp³-hybridized carbons (Fsp3) is 0.500. The molecule has 1 aromatic carbocycles. The molecule has 1 unspecified atom stereocenters. The van der Waals surface area contributed by atoms with Crippen molar-refractivity contribution < 1.29 is 19.6 Å². The number of carboxylic acids is 1. The van der Waals surface area contributed by atoms with E-state index in [1.807, 2.05) is 6.92 Å². The van der Waals surface area contributed by atoms with Gasteiger partial charge in [-0.1, -0.05) is 6.92 Å². The molecule has 0 fully saturated rings. The molecular weight excluding hydrogens is 276 g/mol. The van der Waals surface area contributed by atoms with Crippen LogP contribution in [0.1, 0.15) is 24.5 Å². The summed E-state index contributed by atoms with van der Waals surface area (Å²) in [4.78, 5) is 21.4. The third-order valence-corrected chi connectivity index (χ3v) is 3.10. The molecule has 1 atom stereocenters. The number of aryl methyl sites for hydroxylation is 2. The summed E-state index contributed by atoms with van der Waals surface area (Å²) in [5.74, 6) is -0.528. The van der Waals surface area contributed by atoms with Crippen LogP contribution in [0, 0.1) is 24.0 Å². The number of carboxylic acid groups (broad SMARTS) is 1. The van der Waals surface area contributed by atoms with Crippen LogP contribution in [0.25, 0.3) is 0 Å². The van der Waals surface area contributed by atoms with Gasteiger partial charge in [0, 0.05) is 12.0 Å². The summed E-state index contributed by atoms with van der Waals surface area (Å²) < 4.78 is 5.50. The molecule has 2 N–H and O–H groups in total. The fourth-order valence-corrected chi connectivity index (χ4v) is 2.02. The third-order valence-electron chi connectivity index (χ3n) is 3.10. The van der Waals surface area contributed by atoms with E-state index < -0.39 is 16.9 Å². The Kier molecular flexibility index (Phi) is 6.10. The second-order valence-electron chi connectivity index (χ2n) is 4.75. The number of hydrogen-bond donors (Lipinski definition) is 2. The molecule has 0 radical (unpaired) electrons. The number of carbonyl (C=O) groups is 1. The predicted molar refractivity (Wildman–Crippen MR) is 77.8 cm³/mol. The quantitative estimate of drug-likeness (QED) is 0.562. The zero-order chi connectivity index (χ0) is 16.0. The number of ether oxygens (including phenoxy) is 1. The van der Waals surface area contributed by atoms with Crippen LogP contribution >= 0.6 is 0 Å². The molecule has 0 bridgehead atoms. The van der Waals surface area contributed by atoms with Gasteiger partial charge >= 0.3 is 5.97 Å². The average Bonchev–Trinajstić information content (AvgIpc) is 2.39. The van der Waals surface area contributed by atoms with E-state index in [2.05, 4.69) is 5.32 Å². The van der Waals surface area contributed by atoms with E-state index in [1.165, 1.54) is 6.07 Å². The summed E-state index contributed by atoms with van der Waals surface area (Å²) in [5, 5.41) is 22.7. The molecule has 0 aliphatic rings. The van der Waals surface area contributed by atoms with Gasteiger partial charge in [-0.15, -0.1) is 0 Å². The number of nitro benzene ring substituents is 1. The van der Waals surface area contributed by atoms with Crippen LogP contribution in [-0.2, 0) is 4.79 Å². The van der Waals surface area contributed by atoms with Gasteiger partial charge in [-0.3, -0.25) is 14.9 Å². The second kappa shape index (κ2) is 7.58. The van der Waals surface area contributed by atoms with Gasteiger partial charge in [-0.2, -0.15) is 0 Å². The molecule has 1 aromatic rings. The Morgan fingerprint density at radius 3 is 2.62 bits per heavy atom. The molecule has 0 heterocycles. The molecule has 7 heteroatoms. The first-order valence-electron chi connectivity index (χ1n) is 6.71. The van der Waals surface area contributed by atoms with Crippen molar-refractivity contribution in [2.24, 2.45) is 0 Å². The molecule has 0 saturated carbocycles. The fourth-order valence-electron chi connectivity index (χ4n) is 2.02. The summed E-state index contributed by atoms with van der Waals surface area (Å²) in [5.41, 5.74) is 1.35. The van der Waals surface area contributed by atoms with E-state index in [1.54, 1.807) is 19.9 Å². The summed E-state index contributed by atoms with van der Waals surface area (Å²) in [6.07, 6.45) is 0.282. The molecule has 0 saturated heterocycles. The lowest BCUT2D eigenvalue weighted by Crippen LogP contribution is -2.37. The van der Waals surface area contributed by atoms with Crippen molar-refractivity contribution in [3.05, 3.63) is 33.4 Å². The second-order valence-corrected chi connectivity index (χ2v) is 4.75. The number of rotatable bonds is 8. The molecule has 0 aliphatic carbocycles. The number of aliphatic carboxylic acids is 1. The van der Waals surface area contributed by atoms with Crippen LogP contribution in [0.2, 0.25) is 0 Å². The molecular formula is C14H20N2O5. The molecule has 7 nitrogen and oxygen atoms in total. The molecule has 21 heavy (non-hydrogen) atoms. The Bertz CT molecular complexity index is 530. The van der Waals surface area contributed by atoms with Crippen molar-refractivity contribution in [1.29, 1.82) is 0 Å². The van der Waals surface area contributed by atoms with Crippen LogP contribution in [-0.4, -0.2) is 35.2 Å². The van der Waals surface area contributed by atoms with E-state index in [0.717, 1.165) is 5.56 Å². The zero-order valence-electron chi connectivity index (χ0n) is 12.4. The zero-order valence-corrected chi connectivity index (χ0v) is 12.4. The van der Waals surface area contributed by atoms with Gasteiger partial charge in [0.1, 0.15) is 11.8 Å². The summed E-state index contributed by atoms with van der Waals surface area (Å²) in [6, 6.07) is 2.39. The first-order valence-corrected chi connectivity index (χ1v) is 6.71. The minimum Gasteiger partial charge on any atom is -0.493 e. The summed E-state index contributed by atoms with van der Waals surface area (Å²) >= 11 is 0. The van der Waals surface area contributed by atoms with Crippen molar-refractivity contribution in [3.63, 3.8) is 0 Å². The van der Waals surface area contributed by atoms with Gasteiger partial charge in [-0.25, -0.2) is 0 Å². The van der Waals surface area contributed by atoms with Crippen molar-refractivity contribution >= 4 is 11.7 Å². The van der Waals surface area contributed by atoms with Crippen LogP contribution in [0.4, 0.5) is 5.69 Å². The highest BCUT2D eigenvalue weighted by molar-refractivity contribution is 5.73. The van der Waals surface area contributed by atoms with Crippen molar-refractivity contribution in [2.75, 3.05) is 13.2 Å². The minimum atomic E-state index is -0.938. The largest absolute Gasteiger partial charge is 0.493 e. The Morgan fingerprint density at radius 2 is 2.10 bits per heavy atom. The van der Waals surface area contributed by atoms with Crippen LogP contribution in [0.3, 0.4) is 0 Å². The number of likely N-dealkylation sites (N-methyl/N-ethyl adjacent to an activating group) is 1. The number of nitrogens with zero attached hydrogens (tertiary/aromatic N) is 1. The van der Waals surface area contributed by atoms with Gasteiger partial charge in [0.05, 0.1) is 17.6 Å². The highest BCUT2D eigenvalue weighted by atomic mass is 16.6. The van der Waals surface area contributed by atoms with E-state index in [4.69, 9.17) is 9.84 Å². The maximum absolute atomic E-state index is 11.0.